The second-order valence-electron chi connectivity index (χ2n) is 7.17. The Morgan fingerprint density at radius 2 is 1.64 bits per heavy atom. The minimum Gasteiger partial charge on any atom is -0.481 e. The Balaban J connectivity index is 2.42. The fourth-order valence-corrected chi connectivity index (χ4v) is 3.87. The van der Waals surface area contributed by atoms with Crippen molar-refractivity contribution in [3.8, 4) is 0 Å². The third-order valence-electron chi connectivity index (χ3n) is 5.72. The molecule has 1 fully saturated rings. The molecule has 2 N–H and O–H groups in total. The Hall–Kier alpha value is -1.06. The van der Waals surface area contributed by atoms with Crippen LogP contribution in [0.15, 0.2) is 0 Å². The molecule has 2 atom stereocenters. The predicted molar refractivity (Wildman–Crippen MR) is 86.8 cm³/mol. The van der Waals surface area contributed by atoms with Gasteiger partial charge in [-0.1, -0.05) is 45.4 Å². The molecule has 1 saturated carbocycles. The molecule has 128 valence electrons. The van der Waals surface area contributed by atoms with Gasteiger partial charge in [0.2, 0.25) is 0 Å². The highest BCUT2D eigenvalue weighted by Crippen LogP contribution is 2.45. The molecule has 1 aliphatic carbocycles. The van der Waals surface area contributed by atoms with Crippen molar-refractivity contribution >= 4 is 11.9 Å². The molecule has 2 unspecified atom stereocenters. The minimum atomic E-state index is -0.732. The summed E-state index contributed by atoms with van der Waals surface area (Å²) < 4.78 is 0. The van der Waals surface area contributed by atoms with Crippen LogP contribution >= 0.6 is 0 Å². The number of aliphatic carboxylic acids is 2. The Labute approximate surface area is 134 Å². The summed E-state index contributed by atoms with van der Waals surface area (Å²) in [7, 11) is 0. The number of carboxylic acid groups (broad SMARTS) is 2. The lowest BCUT2D eigenvalue weighted by Gasteiger charge is -2.41. The summed E-state index contributed by atoms with van der Waals surface area (Å²) in [6.45, 7) is 4.03. The molecule has 0 aromatic carbocycles. The van der Waals surface area contributed by atoms with E-state index in [0.29, 0.717) is 5.92 Å². The van der Waals surface area contributed by atoms with Crippen LogP contribution in [0.25, 0.3) is 0 Å². The van der Waals surface area contributed by atoms with E-state index in [-0.39, 0.29) is 12.3 Å². The first-order valence-corrected chi connectivity index (χ1v) is 8.84. The fraction of sp³-hybridized carbons (Fsp3) is 0.889. The highest BCUT2D eigenvalue weighted by molar-refractivity contribution is 5.75. The molecular weight excluding hydrogens is 280 g/mol. The van der Waals surface area contributed by atoms with Crippen LogP contribution in [0.4, 0.5) is 0 Å². The second kappa shape index (κ2) is 9.16. The molecule has 0 aromatic heterocycles. The van der Waals surface area contributed by atoms with Gasteiger partial charge in [0.1, 0.15) is 0 Å². The normalized spacial score (nSPS) is 20.3. The van der Waals surface area contributed by atoms with Gasteiger partial charge in [-0.2, -0.15) is 0 Å². The number of carbonyl (C=O) groups is 2. The lowest BCUT2D eigenvalue weighted by Crippen LogP contribution is -2.42. The molecule has 0 aromatic rings. The van der Waals surface area contributed by atoms with Gasteiger partial charge in [-0.25, -0.2) is 0 Å². The van der Waals surface area contributed by atoms with Gasteiger partial charge < -0.3 is 10.2 Å². The van der Waals surface area contributed by atoms with Crippen molar-refractivity contribution in [2.45, 2.75) is 84.5 Å². The van der Waals surface area contributed by atoms with Gasteiger partial charge in [0.15, 0.2) is 0 Å². The molecule has 0 aliphatic heterocycles. The molecule has 4 nitrogen and oxygen atoms in total. The molecule has 0 heterocycles. The van der Waals surface area contributed by atoms with Gasteiger partial charge in [0, 0.05) is 6.42 Å². The van der Waals surface area contributed by atoms with Gasteiger partial charge in [-0.05, 0) is 44.4 Å². The first-order valence-electron chi connectivity index (χ1n) is 8.84. The van der Waals surface area contributed by atoms with Gasteiger partial charge in [0.25, 0.3) is 0 Å². The van der Waals surface area contributed by atoms with Crippen molar-refractivity contribution < 1.29 is 19.8 Å². The topological polar surface area (TPSA) is 74.6 Å². The van der Waals surface area contributed by atoms with E-state index in [0.717, 1.165) is 57.8 Å². The van der Waals surface area contributed by atoms with E-state index in [9.17, 15) is 14.7 Å². The maximum absolute atomic E-state index is 11.9. The van der Waals surface area contributed by atoms with Crippen LogP contribution in [-0.2, 0) is 9.59 Å². The summed E-state index contributed by atoms with van der Waals surface area (Å²) in [4.78, 5) is 22.4. The molecule has 0 spiro atoms. The highest BCUT2D eigenvalue weighted by Gasteiger charge is 2.45. The third kappa shape index (κ3) is 5.29. The van der Waals surface area contributed by atoms with Crippen LogP contribution < -0.4 is 0 Å². The van der Waals surface area contributed by atoms with Gasteiger partial charge in [0.05, 0.1) is 5.41 Å². The largest absolute Gasteiger partial charge is 0.481 e. The first kappa shape index (κ1) is 19.0. The molecule has 1 rings (SSSR count). The summed E-state index contributed by atoms with van der Waals surface area (Å²) in [6, 6.07) is 0. The third-order valence-corrected chi connectivity index (χ3v) is 5.72. The maximum atomic E-state index is 11.9. The van der Waals surface area contributed by atoms with Crippen molar-refractivity contribution in [3.63, 3.8) is 0 Å². The summed E-state index contributed by atoms with van der Waals surface area (Å²) in [5, 5.41) is 18.4. The van der Waals surface area contributed by atoms with Crippen LogP contribution in [0.3, 0.4) is 0 Å². The average molecular weight is 312 g/mol. The Morgan fingerprint density at radius 1 is 1.05 bits per heavy atom. The monoisotopic (exact) mass is 312 g/mol. The molecule has 0 radical (unpaired) electrons. The summed E-state index contributed by atoms with van der Waals surface area (Å²) in [6.07, 6.45) is 10.5. The van der Waals surface area contributed by atoms with Crippen molar-refractivity contribution in [3.05, 3.63) is 0 Å². The smallest absolute Gasteiger partial charge is 0.309 e. The van der Waals surface area contributed by atoms with E-state index in [1.54, 1.807) is 0 Å². The van der Waals surface area contributed by atoms with Gasteiger partial charge >= 0.3 is 11.9 Å². The standard InChI is InChI=1S/C18H32O4/c1-14(10-6-3-4-9-13-16(19)20)18(2,17(21)22)15-11-7-5-8-12-15/h14-15H,3-13H2,1-2H3,(H,19,20)(H,21,22). The zero-order valence-corrected chi connectivity index (χ0v) is 14.1. The van der Waals surface area contributed by atoms with E-state index in [2.05, 4.69) is 6.92 Å². The van der Waals surface area contributed by atoms with Crippen molar-refractivity contribution in [1.82, 2.24) is 0 Å². The van der Waals surface area contributed by atoms with E-state index in [4.69, 9.17) is 5.11 Å². The molecular formula is C18H32O4. The van der Waals surface area contributed by atoms with Crippen LogP contribution in [0.1, 0.15) is 84.5 Å². The van der Waals surface area contributed by atoms with Gasteiger partial charge in [-0.3, -0.25) is 9.59 Å². The zero-order valence-electron chi connectivity index (χ0n) is 14.1. The van der Waals surface area contributed by atoms with Crippen LogP contribution in [-0.4, -0.2) is 22.2 Å². The number of hydrogen-bond acceptors (Lipinski definition) is 2. The number of hydrogen-bond donors (Lipinski definition) is 2. The molecule has 4 heteroatoms. The summed E-state index contributed by atoms with van der Waals surface area (Å²) in [5.41, 5.74) is -0.610. The predicted octanol–water partition coefficient (Wildman–Crippen LogP) is 4.72. The molecule has 22 heavy (non-hydrogen) atoms. The molecule has 0 amide bonds. The van der Waals surface area contributed by atoms with Crippen molar-refractivity contribution in [1.29, 1.82) is 0 Å². The fourth-order valence-electron chi connectivity index (χ4n) is 3.87. The van der Waals surface area contributed by atoms with E-state index in [1.165, 1.54) is 6.42 Å². The Kier molecular flexibility index (Phi) is 7.91. The first-order chi connectivity index (χ1) is 10.4. The summed E-state index contributed by atoms with van der Waals surface area (Å²) >= 11 is 0. The lowest BCUT2D eigenvalue weighted by molar-refractivity contribution is -0.156. The van der Waals surface area contributed by atoms with Gasteiger partial charge in [-0.15, -0.1) is 0 Å². The van der Waals surface area contributed by atoms with E-state index < -0.39 is 17.4 Å². The molecule has 1 aliphatic rings. The van der Waals surface area contributed by atoms with Crippen LogP contribution in [0.2, 0.25) is 0 Å². The molecule has 0 bridgehead atoms. The number of carboxylic acids is 2. The quantitative estimate of drug-likeness (QED) is 0.572. The van der Waals surface area contributed by atoms with Crippen LogP contribution in [0.5, 0.6) is 0 Å². The van der Waals surface area contributed by atoms with E-state index >= 15 is 0 Å². The summed E-state index contributed by atoms with van der Waals surface area (Å²) in [5.74, 6) is -0.893. The highest BCUT2D eigenvalue weighted by atomic mass is 16.4. The van der Waals surface area contributed by atoms with Crippen LogP contribution in [0, 0.1) is 17.3 Å². The lowest BCUT2D eigenvalue weighted by atomic mass is 9.62. The maximum Gasteiger partial charge on any atom is 0.309 e. The Morgan fingerprint density at radius 3 is 2.18 bits per heavy atom. The SMILES string of the molecule is CC(CCCCCCC(=O)O)C(C)(C(=O)O)C1CCCCC1. The minimum absolute atomic E-state index is 0.174. The number of rotatable bonds is 10. The number of unbranched alkanes of at least 4 members (excludes halogenated alkanes) is 3. The second-order valence-corrected chi connectivity index (χ2v) is 7.17. The van der Waals surface area contributed by atoms with Crippen molar-refractivity contribution in [2.75, 3.05) is 0 Å². The van der Waals surface area contributed by atoms with E-state index in [1.807, 2.05) is 6.92 Å². The van der Waals surface area contributed by atoms with Crippen molar-refractivity contribution in [2.24, 2.45) is 17.3 Å². The average Bonchev–Trinajstić information content (AvgIpc) is 2.49. The molecule has 0 saturated heterocycles. The Bertz CT molecular complexity index is 360. The zero-order chi connectivity index (χ0) is 16.6.